The summed E-state index contributed by atoms with van der Waals surface area (Å²) in [4.78, 5) is 28.0. The molecular weight excluding hydrogens is 292 g/mol. The number of pyridine rings is 1. The molecule has 0 spiro atoms. The van der Waals surface area contributed by atoms with Crippen LogP contribution in [0.15, 0.2) is 36.5 Å². The summed E-state index contributed by atoms with van der Waals surface area (Å²) in [6.45, 7) is 0. The van der Waals surface area contributed by atoms with Crippen LogP contribution in [0.1, 0.15) is 36.0 Å². The lowest BCUT2D eigenvalue weighted by Gasteiger charge is -2.15. The van der Waals surface area contributed by atoms with E-state index >= 15 is 0 Å². The molecule has 2 rings (SSSR count). The third kappa shape index (κ3) is 4.51. The van der Waals surface area contributed by atoms with Crippen molar-refractivity contribution in [3.63, 3.8) is 0 Å². The number of fused-ring (bicyclic) bond motifs is 1. The van der Waals surface area contributed by atoms with E-state index in [1.54, 1.807) is 6.07 Å². The molecule has 0 saturated heterocycles. The molecule has 6 heteroatoms. The van der Waals surface area contributed by atoms with Gasteiger partial charge in [0, 0.05) is 18.0 Å². The molecule has 0 aliphatic carbocycles. The van der Waals surface area contributed by atoms with E-state index in [1.165, 1.54) is 6.20 Å². The average molecular weight is 310 g/mol. The zero-order chi connectivity index (χ0) is 16.7. The number of amides is 2. The van der Waals surface area contributed by atoms with Gasteiger partial charge in [-0.3, -0.25) is 14.6 Å². The molecule has 0 saturated carbocycles. The van der Waals surface area contributed by atoms with Crippen LogP contribution in [0.5, 0.6) is 0 Å². The van der Waals surface area contributed by atoms with Crippen molar-refractivity contribution in [1.29, 1.82) is 5.26 Å². The number of para-hydroxylation sites is 1. The molecule has 3 N–H and O–H groups in total. The van der Waals surface area contributed by atoms with E-state index in [2.05, 4.69) is 10.3 Å². The second-order valence-electron chi connectivity index (χ2n) is 5.25. The average Bonchev–Trinajstić information content (AvgIpc) is 2.56. The summed E-state index contributed by atoms with van der Waals surface area (Å²) >= 11 is 0. The molecule has 0 aliphatic heterocycles. The van der Waals surface area contributed by atoms with E-state index in [-0.39, 0.29) is 5.91 Å². The van der Waals surface area contributed by atoms with Gasteiger partial charge in [0.2, 0.25) is 5.91 Å². The van der Waals surface area contributed by atoms with Gasteiger partial charge in [-0.15, -0.1) is 0 Å². The van der Waals surface area contributed by atoms with Gasteiger partial charge in [-0.25, -0.2) is 0 Å². The van der Waals surface area contributed by atoms with E-state index < -0.39 is 11.9 Å². The van der Waals surface area contributed by atoms with Crippen molar-refractivity contribution in [2.24, 2.45) is 5.73 Å². The van der Waals surface area contributed by atoms with Crippen LogP contribution in [-0.4, -0.2) is 22.8 Å². The highest BCUT2D eigenvalue weighted by Crippen LogP contribution is 2.13. The lowest BCUT2D eigenvalue weighted by Crippen LogP contribution is -2.44. The van der Waals surface area contributed by atoms with Gasteiger partial charge in [0.15, 0.2) is 0 Å². The summed E-state index contributed by atoms with van der Waals surface area (Å²) in [5, 5.41) is 12.0. The Balaban J connectivity index is 2.04. The van der Waals surface area contributed by atoms with Gasteiger partial charge in [-0.1, -0.05) is 18.2 Å². The van der Waals surface area contributed by atoms with Crippen LogP contribution in [0, 0.1) is 11.3 Å². The van der Waals surface area contributed by atoms with E-state index in [9.17, 15) is 9.59 Å². The molecule has 118 valence electrons. The fraction of sp³-hybridized carbons (Fsp3) is 0.294. The monoisotopic (exact) mass is 310 g/mol. The minimum absolute atomic E-state index is 0.381. The number of carbonyl (C=O) groups is 2. The predicted molar refractivity (Wildman–Crippen MR) is 86.3 cm³/mol. The molecule has 23 heavy (non-hydrogen) atoms. The van der Waals surface area contributed by atoms with Crippen molar-refractivity contribution >= 4 is 22.7 Å². The molecule has 1 aromatic heterocycles. The predicted octanol–water partition coefficient (Wildman–Crippen LogP) is 1.90. The first-order valence-electron chi connectivity index (χ1n) is 7.43. The first-order chi connectivity index (χ1) is 11.1. The molecule has 1 heterocycles. The summed E-state index contributed by atoms with van der Waals surface area (Å²) in [5.41, 5.74) is 6.51. The molecule has 6 nitrogen and oxygen atoms in total. The number of hydrogen-bond donors (Lipinski definition) is 2. The van der Waals surface area contributed by atoms with Crippen LogP contribution in [-0.2, 0) is 4.79 Å². The smallest absolute Gasteiger partial charge is 0.253 e. The van der Waals surface area contributed by atoms with Crippen molar-refractivity contribution < 1.29 is 9.59 Å². The lowest BCUT2D eigenvalue weighted by molar-refractivity contribution is -0.120. The third-order valence-corrected chi connectivity index (χ3v) is 3.53. The Labute approximate surface area is 134 Å². The van der Waals surface area contributed by atoms with E-state index in [4.69, 9.17) is 11.0 Å². The number of primary amides is 1. The molecular formula is C17H18N4O2. The quantitative estimate of drug-likeness (QED) is 0.761. The normalized spacial score (nSPS) is 11.6. The van der Waals surface area contributed by atoms with Crippen molar-refractivity contribution in [3.8, 4) is 6.07 Å². The Hall–Kier alpha value is -2.94. The Kier molecular flexibility index (Phi) is 5.64. The van der Waals surface area contributed by atoms with E-state index in [0.29, 0.717) is 31.2 Å². The van der Waals surface area contributed by atoms with Crippen LogP contribution in [0.3, 0.4) is 0 Å². The molecule has 0 bridgehead atoms. The summed E-state index contributed by atoms with van der Waals surface area (Å²) in [7, 11) is 0. The van der Waals surface area contributed by atoms with Gasteiger partial charge < -0.3 is 11.1 Å². The zero-order valence-corrected chi connectivity index (χ0v) is 12.7. The van der Waals surface area contributed by atoms with Crippen molar-refractivity contribution in [1.82, 2.24) is 10.3 Å². The van der Waals surface area contributed by atoms with Crippen LogP contribution in [0.4, 0.5) is 0 Å². The van der Waals surface area contributed by atoms with Crippen LogP contribution >= 0.6 is 0 Å². The number of hydrogen-bond acceptors (Lipinski definition) is 4. The number of nitrogens with one attached hydrogen (secondary N) is 1. The zero-order valence-electron chi connectivity index (χ0n) is 12.7. The summed E-state index contributed by atoms with van der Waals surface area (Å²) in [6, 6.07) is 10.5. The SMILES string of the molecule is N#CCCCC[C@H](NC(=O)c1cnc2ccccc2c1)C(N)=O. The number of benzene rings is 1. The molecule has 0 radical (unpaired) electrons. The second kappa shape index (κ2) is 7.90. The van der Waals surface area contributed by atoms with Crippen molar-refractivity contribution in [3.05, 3.63) is 42.1 Å². The fourth-order valence-corrected chi connectivity index (χ4v) is 2.27. The molecule has 1 aromatic carbocycles. The summed E-state index contributed by atoms with van der Waals surface area (Å²) in [5.74, 6) is -0.962. The highest BCUT2D eigenvalue weighted by Gasteiger charge is 2.18. The summed E-state index contributed by atoms with van der Waals surface area (Å²) in [6.07, 6.45) is 3.65. The first-order valence-corrected chi connectivity index (χ1v) is 7.43. The largest absolute Gasteiger partial charge is 0.368 e. The van der Waals surface area contributed by atoms with E-state index in [1.807, 2.05) is 30.3 Å². The van der Waals surface area contributed by atoms with Gasteiger partial charge in [0.25, 0.3) is 5.91 Å². The number of nitrogens with two attached hydrogens (primary N) is 1. The van der Waals surface area contributed by atoms with Crippen molar-refractivity contribution in [2.75, 3.05) is 0 Å². The number of carbonyl (C=O) groups excluding carboxylic acids is 2. The molecule has 0 aliphatic rings. The highest BCUT2D eigenvalue weighted by molar-refractivity contribution is 5.99. The number of nitriles is 1. The molecule has 2 aromatic rings. The lowest BCUT2D eigenvalue weighted by atomic mass is 10.1. The Morgan fingerprint density at radius 2 is 2.09 bits per heavy atom. The summed E-state index contributed by atoms with van der Waals surface area (Å²) < 4.78 is 0. The standard InChI is InChI=1S/C17H18N4O2/c18-9-5-1-2-8-15(16(19)22)21-17(23)13-10-12-6-3-4-7-14(12)20-11-13/h3-4,6-7,10-11,15H,1-2,5,8H2,(H2,19,22)(H,21,23)/t15-/m0/s1. The maximum atomic E-state index is 12.3. The molecule has 0 fully saturated rings. The number of rotatable bonds is 7. The number of aromatic nitrogens is 1. The number of nitrogens with zero attached hydrogens (tertiary/aromatic N) is 2. The van der Waals surface area contributed by atoms with Gasteiger partial charge in [0.05, 0.1) is 17.1 Å². The molecule has 0 unspecified atom stereocenters. The van der Waals surface area contributed by atoms with Gasteiger partial charge in [0.1, 0.15) is 6.04 Å². The van der Waals surface area contributed by atoms with Gasteiger partial charge >= 0.3 is 0 Å². The topological polar surface area (TPSA) is 109 Å². The fourth-order valence-electron chi connectivity index (χ4n) is 2.27. The minimum atomic E-state index is -0.743. The van der Waals surface area contributed by atoms with Crippen LogP contribution in [0.2, 0.25) is 0 Å². The molecule has 1 atom stereocenters. The maximum absolute atomic E-state index is 12.3. The van der Waals surface area contributed by atoms with Crippen LogP contribution < -0.4 is 11.1 Å². The molecule has 2 amide bonds. The Bertz CT molecular complexity index is 752. The Morgan fingerprint density at radius 3 is 2.83 bits per heavy atom. The Morgan fingerprint density at radius 1 is 1.30 bits per heavy atom. The minimum Gasteiger partial charge on any atom is -0.368 e. The van der Waals surface area contributed by atoms with Crippen LogP contribution in [0.25, 0.3) is 10.9 Å². The third-order valence-electron chi connectivity index (χ3n) is 3.53. The number of unbranched alkanes of at least 4 members (excludes halogenated alkanes) is 2. The highest BCUT2D eigenvalue weighted by atomic mass is 16.2. The van der Waals surface area contributed by atoms with Gasteiger partial charge in [-0.2, -0.15) is 5.26 Å². The first kappa shape index (κ1) is 16.4. The second-order valence-corrected chi connectivity index (χ2v) is 5.25. The van der Waals surface area contributed by atoms with Crippen molar-refractivity contribution in [2.45, 2.75) is 31.7 Å². The maximum Gasteiger partial charge on any atom is 0.253 e. The van der Waals surface area contributed by atoms with E-state index in [0.717, 1.165) is 10.9 Å². The van der Waals surface area contributed by atoms with Gasteiger partial charge in [-0.05, 0) is 31.4 Å².